The maximum Gasteiger partial charge on any atom is 0.250 e. The van der Waals surface area contributed by atoms with Crippen molar-refractivity contribution in [2.75, 3.05) is 13.1 Å². The van der Waals surface area contributed by atoms with Crippen LogP contribution in [0.2, 0.25) is 54.4 Å². The normalized spacial score (nSPS) is 30.0. The van der Waals surface area contributed by atoms with E-state index in [0.29, 0.717) is 17.7 Å². The van der Waals surface area contributed by atoms with Crippen LogP contribution in [0.25, 0.3) is 0 Å². The first-order valence-electron chi connectivity index (χ1n) is 18.8. The van der Waals surface area contributed by atoms with E-state index in [1.807, 2.05) is 6.07 Å². The van der Waals surface area contributed by atoms with Gasteiger partial charge in [0.25, 0.3) is 8.32 Å². The second-order valence-corrected chi connectivity index (χ2v) is 35.2. The van der Waals surface area contributed by atoms with E-state index in [1.165, 1.54) is 31.4 Å². The lowest BCUT2D eigenvalue weighted by molar-refractivity contribution is -0.136. The van der Waals surface area contributed by atoms with E-state index >= 15 is 0 Å². The minimum atomic E-state index is -2.20. The summed E-state index contributed by atoms with van der Waals surface area (Å²) in [5, 5.41) is 12.1. The van der Waals surface area contributed by atoms with Crippen LogP contribution < -0.4 is 9.16 Å². The molecule has 2 heterocycles. The molecule has 6 rings (SSSR count). The number of ether oxygens (including phenoxy) is 1. The molecule has 1 N–H and O–H groups in total. The van der Waals surface area contributed by atoms with Crippen LogP contribution in [-0.4, -0.2) is 70.9 Å². The number of hydrogen-bond donors (Lipinski definition) is 1. The van der Waals surface area contributed by atoms with Gasteiger partial charge in [-0.3, -0.25) is 4.90 Å². The van der Waals surface area contributed by atoms with Gasteiger partial charge in [0.05, 0.1) is 6.04 Å². The second-order valence-electron chi connectivity index (χ2n) is 20.7. The third-order valence-electron chi connectivity index (χ3n) is 14.7. The van der Waals surface area contributed by atoms with Crippen LogP contribution in [0.15, 0.2) is 6.07 Å². The van der Waals surface area contributed by atoms with E-state index in [1.54, 1.807) is 0 Å². The smallest absolute Gasteiger partial charge is 0.250 e. The molecule has 1 aromatic rings. The summed E-state index contributed by atoms with van der Waals surface area (Å²) in [5.41, 5.74) is 2.30. The Labute approximate surface area is 290 Å². The molecule has 0 radical (unpaired) electrons. The highest BCUT2D eigenvalue weighted by atomic mass is 28.4. The molecule has 3 fully saturated rings. The summed E-state index contributed by atoms with van der Waals surface area (Å²) < 4.78 is 24.8. The summed E-state index contributed by atoms with van der Waals surface area (Å²) >= 11 is 0. The third-order valence-corrected chi connectivity index (χ3v) is 28.7. The molecular formula is C38H68N2O4Si3. The lowest BCUT2D eigenvalue weighted by atomic mass is 9.51. The van der Waals surface area contributed by atoms with Crippen LogP contribution in [0.1, 0.15) is 106 Å². The fraction of sp³-hybridized carbons (Fsp3) is 0.842. The molecule has 3 aliphatic carbocycles. The maximum absolute atomic E-state index is 11.9. The Morgan fingerprint density at radius 2 is 1.51 bits per heavy atom. The highest BCUT2D eigenvalue weighted by Gasteiger charge is 2.68. The first kappa shape index (κ1) is 36.0. The number of nitrogens with zero attached hydrogens (tertiary/aromatic N) is 2. The molecule has 0 aromatic heterocycles. The Hall–Kier alpha value is -0.849. The van der Waals surface area contributed by atoms with Gasteiger partial charge in [-0.15, -0.1) is 0 Å². The maximum atomic E-state index is 11.9. The van der Waals surface area contributed by atoms with Crippen LogP contribution in [0.3, 0.4) is 0 Å². The van der Waals surface area contributed by atoms with E-state index in [9.17, 15) is 5.11 Å². The molecule has 1 saturated heterocycles. The molecular weight excluding hydrogens is 633 g/mol. The Balaban J connectivity index is 1.52. The van der Waals surface area contributed by atoms with Gasteiger partial charge in [0.15, 0.2) is 19.7 Å². The molecule has 6 nitrogen and oxygen atoms in total. The summed E-state index contributed by atoms with van der Waals surface area (Å²) in [5.74, 6) is 3.51. The van der Waals surface area contributed by atoms with Crippen LogP contribution in [0.5, 0.6) is 17.2 Å². The van der Waals surface area contributed by atoms with Gasteiger partial charge in [0.2, 0.25) is 8.32 Å². The Morgan fingerprint density at radius 3 is 2.06 bits per heavy atom. The van der Waals surface area contributed by atoms with Crippen molar-refractivity contribution in [3.8, 4) is 17.2 Å². The number of benzene rings is 1. The van der Waals surface area contributed by atoms with Crippen molar-refractivity contribution in [3.63, 3.8) is 0 Å². The highest BCUT2D eigenvalue weighted by molar-refractivity contribution is 6.79. The number of phenolic OH excluding ortho intramolecular Hbond substituents is 1. The molecule has 2 bridgehead atoms. The first-order chi connectivity index (χ1) is 21.3. The Kier molecular flexibility index (Phi) is 8.47. The predicted molar refractivity (Wildman–Crippen MR) is 202 cm³/mol. The molecule has 0 amide bonds. The van der Waals surface area contributed by atoms with Crippen molar-refractivity contribution in [2.45, 2.75) is 179 Å². The van der Waals surface area contributed by atoms with Crippen molar-refractivity contribution < 1.29 is 18.8 Å². The fourth-order valence-corrected chi connectivity index (χ4v) is 13.8. The Morgan fingerprint density at radius 1 is 0.894 bits per heavy atom. The van der Waals surface area contributed by atoms with Gasteiger partial charge in [-0.25, -0.2) is 4.73 Å². The minimum absolute atomic E-state index is 0.0247. The number of hydrogen-bond acceptors (Lipinski definition) is 6. The van der Waals surface area contributed by atoms with Gasteiger partial charge in [-0.1, -0.05) is 75.4 Å². The average Bonchev–Trinajstić information content (AvgIpc) is 3.66. The molecule has 1 aromatic carbocycles. The van der Waals surface area contributed by atoms with Gasteiger partial charge in [0.1, 0.15) is 11.9 Å². The third kappa shape index (κ3) is 5.63. The van der Waals surface area contributed by atoms with Crippen molar-refractivity contribution in [1.82, 2.24) is 9.63 Å². The summed E-state index contributed by atoms with van der Waals surface area (Å²) in [6.45, 7) is 38.0. The number of piperidine rings is 1. The van der Waals surface area contributed by atoms with E-state index in [2.05, 4.69) is 111 Å². The van der Waals surface area contributed by atoms with Crippen molar-refractivity contribution in [2.24, 2.45) is 11.8 Å². The monoisotopic (exact) mass is 700 g/mol. The number of aromatic hydroxyl groups is 1. The molecule has 47 heavy (non-hydrogen) atoms. The number of hydroxylamine groups is 1. The van der Waals surface area contributed by atoms with Crippen LogP contribution in [-0.2, 0) is 16.4 Å². The number of phenols is 1. The lowest BCUT2D eigenvalue weighted by Crippen LogP contribution is -2.73. The molecule has 9 heteroatoms. The standard InChI is InChI=1S/C38H68N2O4Si3/c1-35(2,3)45(10,11)40(44-47(14,15)37(7,8)9)28-19-18-27-29-22-26-30(41)23-31(43-46(12,13)36(4,5)6)33-32(26)38(27,34(28)42-33)20-21-39(29)24-25-16-17-25/h23,25,27-29,34,41H,16-22,24H2,1-15H3/t27-,28-,29+,34-,38-/m0/s1. The summed E-state index contributed by atoms with van der Waals surface area (Å²) in [6, 6.07) is 2.53. The second kappa shape index (κ2) is 11.1. The zero-order valence-electron chi connectivity index (χ0n) is 32.7. The predicted octanol–water partition coefficient (Wildman–Crippen LogP) is 9.84. The van der Waals surface area contributed by atoms with Crippen LogP contribution in [0.4, 0.5) is 0 Å². The van der Waals surface area contributed by atoms with Crippen molar-refractivity contribution in [1.29, 1.82) is 0 Å². The zero-order chi connectivity index (χ0) is 34.9. The van der Waals surface area contributed by atoms with E-state index in [-0.39, 0.29) is 32.7 Å². The van der Waals surface area contributed by atoms with E-state index in [4.69, 9.17) is 13.7 Å². The summed E-state index contributed by atoms with van der Waals surface area (Å²) in [7, 11) is -6.54. The average molecular weight is 701 g/mol. The Bertz CT molecular complexity index is 1390. The van der Waals surface area contributed by atoms with Crippen LogP contribution >= 0.6 is 0 Å². The molecule has 2 aliphatic heterocycles. The van der Waals surface area contributed by atoms with Crippen LogP contribution in [0, 0.1) is 11.8 Å². The van der Waals surface area contributed by atoms with Gasteiger partial charge < -0.3 is 18.8 Å². The first-order valence-corrected chi connectivity index (χ1v) is 27.6. The van der Waals surface area contributed by atoms with Gasteiger partial charge in [-0.2, -0.15) is 0 Å². The highest BCUT2D eigenvalue weighted by Crippen LogP contribution is 2.67. The molecule has 266 valence electrons. The zero-order valence-corrected chi connectivity index (χ0v) is 35.7. The molecule has 0 unspecified atom stereocenters. The van der Waals surface area contributed by atoms with E-state index in [0.717, 1.165) is 48.8 Å². The topological polar surface area (TPSA) is 54.4 Å². The fourth-order valence-electron chi connectivity index (χ4n) is 8.56. The summed E-state index contributed by atoms with van der Waals surface area (Å²) in [4.78, 5) is 2.82. The van der Waals surface area contributed by atoms with Gasteiger partial charge in [0, 0.05) is 35.2 Å². The lowest BCUT2D eigenvalue weighted by Gasteiger charge is -2.62. The molecule has 5 aliphatic rings. The van der Waals surface area contributed by atoms with Gasteiger partial charge >= 0.3 is 0 Å². The SMILES string of the molecule is CC(C)(C)[Si](C)(C)Oc1cc(O)c2c3c1O[C@H]1[C@@H](N(O[Si](C)(C)C(C)(C)C)[Si](C)(C)C(C)(C)C)CC[C@H]4[C@@H](C2)N(CC2CC2)CC[C@@]341. The van der Waals surface area contributed by atoms with E-state index < -0.39 is 24.9 Å². The molecule has 5 atom stereocenters. The minimum Gasteiger partial charge on any atom is -0.541 e. The summed E-state index contributed by atoms with van der Waals surface area (Å²) in [6.07, 6.45) is 6.98. The number of rotatable bonds is 8. The molecule has 2 saturated carbocycles. The van der Waals surface area contributed by atoms with Crippen molar-refractivity contribution >= 4 is 24.9 Å². The number of likely N-dealkylation sites (tertiary alicyclic amines) is 1. The molecule has 1 spiro atoms. The quantitative estimate of drug-likeness (QED) is 0.215. The largest absolute Gasteiger partial charge is 0.541 e. The van der Waals surface area contributed by atoms with Gasteiger partial charge in [-0.05, 0) is 98.2 Å². The van der Waals surface area contributed by atoms with Crippen molar-refractivity contribution in [3.05, 3.63) is 17.2 Å².